The number of nitrogens with one attached hydrogen (secondary N) is 1. The summed E-state index contributed by atoms with van der Waals surface area (Å²) in [5.74, 6) is 5.68. The molecule has 74 valence electrons. The van der Waals surface area contributed by atoms with E-state index >= 15 is 0 Å². The summed E-state index contributed by atoms with van der Waals surface area (Å²) in [5, 5.41) is 8.95. The average Bonchev–Trinajstić information content (AvgIpc) is 2.20. The van der Waals surface area contributed by atoms with Crippen LogP contribution >= 0.6 is 0 Å². The Bertz CT molecular complexity index is 340. The summed E-state index contributed by atoms with van der Waals surface area (Å²) in [6.07, 6.45) is 0. The van der Waals surface area contributed by atoms with E-state index in [9.17, 15) is 0 Å². The number of benzene rings is 1. The van der Waals surface area contributed by atoms with E-state index in [1.165, 1.54) is 5.01 Å². The van der Waals surface area contributed by atoms with Crippen molar-refractivity contribution in [3.05, 3.63) is 35.9 Å². The van der Waals surface area contributed by atoms with Crippen LogP contribution in [-0.2, 0) is 0 Å². The highest BCUT2D eigenvalue weighted by molar-refractivity contribution is 6.46. The molecular weight excluding hydrogens is 176 g/mol. The first-order chi connectivity index (χ1) is 6.66. The highest BCUT2D eigenvalue weighted by atomic mass is 15.4. The monoisotopic (exact) mass is 190 g/mol. The highest BCUT2D eigenvalue weighted by Gasteiger charge is 2.10. The molecule has 0 aromatic heterocycles. The van der Waals surface area contributed by atoms with Gasteiger partial charge in [-0.1, -0.05) is 30.3 Å². The number of hydrogen-bond acceptors (Lipinski definition) is 3. The Hall–Kier alpha value is -1.68. The predicted molar refractivity (Wildman–Crippen MR) is 58.6 cm³/mol. The smallest absolute Gasteiger partial charge is 0.161 e. The van der Waals surface area contributed by atoms with Crippen LogP contribution in [0.2, 0.25) is 0 Å². The molecule has 0 saturated carbocycles. The van der Waals surface area contributed by atoms with E-state index in [1.54, 1.807) is 14.1 Å². The zero-order valence-electron chi connectivity index (χ0n) is 8.36. The summed E-state index contributed by atoms with van der Waals surface area (Å²) in [6.45, 7) is 0. The molecule has 0 heterocycles. The van der Waals surface area contributed by atoms with E-state index in [4.69, 9.17) is 11.3 Å². The largest absolute Gasteiger partial charge is 0.297 e. The molecule has 1 aromatic rings. The van der Waals surface area contributed by atoms with Crippen LogP contribution in [0.25, 0.3) is 0 Å². The fourth-order valence-electron chi connectivity index (χ4n) is 1.13. The number of nitrogens with two attached hydrogens (primary N) is 1. The lowest BCUT2D eigenvalue weighted by molar-refractivity contribution is 0.542. The van der Waals surface area contributed by atoms with Crippen molar-refractivity contribution in [1.29, 1.82) is 5.41 Å². The van der Waals surface area contributed by atoms with Crippen LogP contribution in [0.5, 0.6) is 0 Å². The molecule has 3 N–H and O–H groups in total. The molecule has 0 spiro atoms. The number of aliphatic imine (C=N–C) groups is 1. The summed E-state index contributed by atoms with van der Waals surface area (Å²) < 4.78 is 0. The topological polar surface area (TPSA) is 65.5 Å². The van der Waals surface area contributed by atoms with Gasteiger partial charge in [0.2, 0.25) is 0 Å². The molecule has 1 rings (SSSR count). The van der Waals surface area contributed by atoms with Crippen molar-refractivity contribution in [3.63, 3.8) is 0 Å². The molecule has 4 heteroatoms. The molecular formula is C10H14N4. The number of rotatable bonds is 2. The molecule has 0 unspecified atom stereocenters. The molecule has 4 nitrogen and oxygen atoms in total. The second kappa shape index (κ2) is 4.53. The van der Waals surface area contributed by atoms with Crippen LogP contribution in [0.15, 0.2) is 35.3 Å². The van der Waals surface area contributed by atoms with Crippen molar-refractivity contribution >= 4 is 11.5 Å². The van der Waals surface area contributed by atoms with Gasteiger partial charge in [0.1, 0.15) is 5.71 Å². The van der Waals surface area contributed by atoms with Gasteiger partial charge in [-0.2, -0.15) is 0 Å². The molecule has 0 radical (unpaired) electrons. The van der Waals surface area contributed by atoms with Crippen LogP contribution in [0.3, 0.4) is 0 Å². The Balaban J connectivity index is 3.01. The molecule has 0 amide bonds. The van der Waals surface area contributed by atoms with Crippen molar-refractivity contribution in [3.8, 4) is 0 Å². The molecule has 0 aliphatic carbocycles. The number of hydrogen-bond donors (Lipinski definition) is 2. The maximum Gasteiger partial charge on any atom is 0.161 e. The lowest BCUT2D eigenvalue weighted by atomic mass is 10.1. The minimum absolute atomic E-state index is 0.207. The first-order valence-corrected chi connectivity index (χ1v) is 4.26. The van der Waals surface area contributed by atoms with Gasteiger partial charge in [0, 0.05) is 19.7 Å². The first-order valence-electron chi connectivity index (χ1n) is 4.26. The summed E-state index contributed by atoms with van der Waals surface area (Å²) >= 11 is 0. The quantitative estimate of drug-likeness (QED) is 0.315. The fraction of sp³-hybridized carbons (Fsp3) is 0.200. The minimum atomic E-state index is 0.207. The molecule has 0 aliphatic rings. The number of nitrogens with zero attached hydrogens (tertiary/aromatic N) is 2. The number of likely N-dealkylation sites (N-methyl/N-ethyl adjacent to an activating group) is 1. The van der Waals surface area contributed by atoms with Gasteiger partial charge in [-0.3, -0.25) is 15.4 Å². The van der Waals surface area contributed by atoms with Crippen molar-refractivity contribution in [2.24, 2.45) is 10.8 Å². The van der Waals surface area contributed by atoms with E-state index in [1.807, 2.05) is 30.3 Å². The van der Waals surface area contributed by atoms with Gasteiger partial charge in [0.15, 0.2) is 5.84 Å². The van der Waals surface area contributed by atoms with Crippen LogP contribution in [-0.4, -0.2) is 30.7 Å². The molecule has 0 aliphatic heterocycles. The van der Waals surface area contributed by atoms with Crippen LogP contribution < -0.4 is 5.84 Å². The van der Waals surface area contributed by atoms with Gasteiger partial charge in [0.25, 0.3) is 0 Å². The number of amidine groups is 1. The third-order valence-electron chi connectivity index (χ3n) is 1.85. The van der Waals surface area contributed by atoms with E-state index in [-0.39, 0.29) is 5.84 Å². The summed E-state index contributed by atoms with van der Waals surface area (Å²) in [5.41, 5.74) is 1.49. The van der Waals surface area contributed by atoms with E-state index in [2.05, 4.69) is 4.99 Å². The van der Waals surface area contributed by atoms with Crippen LogP contribution in [0.4, 0.5) is 0 Å². The molecule has 14 heavy (non-hydrogen) atoms. The van der Waals surface area contributed by atoms with Crippen molar-refractivity contribution in [1.82, 2.24) is 5.01 Å². The first kappa shape index (κ1) is 10.4. The maximum absolute atomic E-state index is 7.71. The normalized spacial score (nSPS) is 11.2. The van der Waals surface area contributed by atoms with Crippen molar-refractivity contribution in [2.75, 3.05) is 14.1 Å². The van der Waals surface area contributed by atoms with Gasteiger partial charge in [-0.05, 0) is 0 Å². The fourth-order valence-corrected chi connectivity index (χ4v) is 1.13. The third-order valence-corrected chi connectivity index (χ3v) is 1.85. The number of hydrazine groups is 1. The van der Waals surface area contributed by atoms with Gasteiger partial charge in [-0.25, -0.2) is 5.84 Å². The Morgan fingerprint density at radius 2 is 1.93 bits per heavy atom. The van der Waals surface area contributed by atoms with Crippen molar-refractivity contribution in [2.45, 2.75) is 0 Å². The van der Waals surface area contributed by atoms with Gasteiger partial charge in [0.05, 0.1) is 0 Å². The summed E-state index contributed by atoms with van der Waals surface area (Å²) in [6, 6.07) is 9.54. The van der Waals surface area contributed by atoms with E-state index < -0.39 is 0 Å². The Morgan fingerprint density at radius 3 is 2.36 bits per heavy atom. The standard InChI is InChI=1S/C10H14N4/c1-13-9(10(11)14(2)12)8-6-4-3-5-7-8/h3-7,11H,12H2,1-2H3. The van der Waals surface area contributed by atoms with Gasteiger partial charge in [-0.15, -0.1) is 0 Å². The van der Waals surface area contributed by atoms with Crippen LogP contribution in [0, 0.1) is 5.41 Å². The summed E-state index contributed by atoms with van der Waals surface area (Å²) in [4.78, 5) is 4.05. The second-order valence-corrected chi connectivity index (χ2v) is 2.90. The Morgan fingerprint density at radius 1 is 1.36 bits per heavy atom. The predicted octanol–water partition coefficient (Wildman–Crippen LogP) is 0.888. The average molecular weight is 190 g/mol. The zero-order chi connectivity index (χ0) is 10.6. The molecule has 0 atom stereocenters. The zero-order valence-corrected chi connectivity index (χ0v) is 8.36. The second-order valence-electron chi connectivity index (χ2n) is 2.90. The molecule has 0 fully saturated rings. The highest BCUT2D eigenvalue weighted by Crippen LogP contribution is 2.02. The van der Waals surface area contributed by atoms with E-state index in [0.29, 0.717) is 5.71 Å². The molecule has 0 saturated heterocycles. The SMILES string of the molecule is CN=C(C(=N)N(C)N)c1ccccc1. The van der Waals surface area contributed by atoms with Crippen molar-refractivity contribution < 1.29 is 0 Å². The lowest BCUT2D eigenvalue weighted by Gasteiger charge is -2.14. The van der Waals surface area contributed by atoms with E-state index in [0.717, 1.165) is 5.56 Å². The third kappa shape index (κ3) is 2.17. The lowest BCUT2D eigenvalue weighted by Crippen LogP contribution is -2.38. The Labute approximate surface area is 83.5 Å². The van der Waals surface area contributed by atoms with Gasteiger partial charge < -0.3 is 0 Å². The molecule has 1 aromatic carbocycles. The van der Waals surface area contributed by atoms with Crippen LogP contribution in [0.1, 0.15) is 5.56 Å². The molecule has 0 bridgehead atoms. The maximum atomic E-state index is 7.71. The Kier molecular flexibility index (Phi) is 3.36. The van der Waals surface area contributed by atoms with Gasteiger partial charge >= 0.3 is 0 Å². The minimum Gasteiger partial charge on any atom is -0.297 e. The summed E-state index contributed by atoms with van der Waals surface area (Å²) in [7, 11) is 3.27.